The third-order valence-electron chi connectivity index (χ3n) is 7.94. The molecule has 0 spiro atoms. The number of aryl methyl sites for hydroxylation is 2. The number of hydrogen-bond acceptors (Lipinski definition) is 6. The Hall–Kier alpha value is -3.26. The molecule has 1 fully saturated rings. The fraction of sp³-hybridized carbons (Fsp3) is 0.548. The number of aliphatic hydroxyl groups excluding tert-OH is 1. The van der Waals surface area contributed by atoms with Crippen molar-refractivity contribution in [2.24, 2.45) is 5.92 Å². The first-order valence-corrected chi connectivity index (χ1v) is 13.9. The molecule has 3 aromatic rings. The van der Waals surface area contributed by atoms with Crippen molar-refractivity contribution in [3.05, 3.63) is 59.2 Å². The Morgan fingerprint density at radius 1 is 1.18 bits per heavy atom. The van der Waals surface area contributed by atoms with E-state index in [4.69, 9.17) is 4.52 Å². The zero-order chi connectivity index (χ0) is 28.6. The average molecular weight is 535 g/mol. The van der Waals surface area contributed by atoms with Gasteiger partial charge >= 0.3 is 0 Å². The van der Waals surface area contributed by atoms with Crippen LogP contribution < -0.4 is 0 Å². The van der Waals surface area contributed by atoms with Crippen LogP contribution in [0.3, 0.4) is 0 Å². The molecule has 210 valence electrons. The number of Topliss-reactive ketones (excluding diaryl/α,β-unsaturated/α-hetero) is 1. The summed E-state index contributed by atoms with van der Waals surface area (Å²) in [6, 6.07) is 4.98. The molecule has 0 saturated carbocycles. The zero-order valence-electron chi connectivity index (χ0n) is 24.4. The number of amides is 1. The maximum absolute atomic E-state index is 13.9. The minimum absolute atomic E-state index is 0.0240. The van der Waals surface area contributed by atoms with Crippen molar-refractivity contribution < 1.29 is 19.2 Å². The Balaban J connectivity index is 1.52. The lowest BCUT2D eigenvalue weighted by molar-refractivity contribution is -0.142. The summed E-state index contributed by atoms with van der Waals surface area (Å²) in [6.07, 6.45) is 5.22. The quantitative estimate of drug-likeness (QED) is 0.417. The zero-order valence-corrected chi connectivity index (χ0v) is 24.4. The molecule has 0 radical (unpaired) electrons. The molecule has 4 rings (SSSR count). The SMILES string of the molecule is Cc1cc(-c2conc2C)ccc1C(C)CC(=O)C1CC(O)CN1C(=O)C(C(C)C)n1cc(C(C)(C)C)cn1. The number of β-amino-alcohol motifs (C(OH)–C–C–N with tert-alkyl or cyclic N) is 1. The van der Waals surface area contributed by atoms with Crippen molar-refractivity contribution in [1.82, 2.24) is 19.8 Å². The van der Waals surface area contributed by atoms with Gasteiger partial charge in [0.25, 0.3) is 0 Å². The van der Waals surface area contributed by atoms with E-state index < -0.39 is 18.2 Å². The first-order valence-electron chi connectivity index (χ1n) is 13.9. The summed E-state index contributed by atoms with van der Waals surface area (Å²) in [4.78, 5) is 29.1. The molecule has 8 nitrogen and oxygen atoms in total. The molecular weight excluding hydrogens is 492 g/mol. The third kappa shape index (κ3) is 6.01. The number of nitrogens with zero attached hydrogens (tertiary/aromatic N) is 4. The number of benzene rings is 1. The summed E-state index contributed by atoms with van der Waals surface area (Å²) in [6.45, 7) is 16.4. The Morgan fingerprint density at radius 3 is 2.46 bits per heavy atom. The van der Waals surface area contributed by atoms with E-state index in [-0.39, 0.29) is 48.3 Å². The largest absolute Gasteiger partial charge is 0.391 e. The molecular formula is C31H42N4O4. The van der Waals surface area contributed by atoms with Crippen LogP contribution in [0.15, 0.2) is 41.4 Å². The minimum Gasteiger partial charge on any atom is -0.391 e. The number of ketones is 1. The summed E-state index contributed by atoms with van der Waals surface area (Å²) in [5.41, 5.74) is 5.94. The van der Waals surface area contributed by atoms with Crippen LogP contribution in [0.4, 0.5) is 0 Å². The van der Waals surface area contributed by atoms with Gasteiger partial charge in [-0.2, -0.15) is 5.10 Å². The summed E-state index contributed by atoms with van der Waals surface area (Å²) >= 11 is 0. The molecule has 1 N–H and O–H groups in total. The highest BCUT2D eigenvalue weighted by molar-refractivity contribution is 5.91. The molecule has 1 aromatic carbocycles. The van der Waals surface area contributed by atoms with Crippen LogP contribution in [0.2, 0.25) is 0 Å². The lowest BCUT2D eigenvalue weighted by atomic mass is 9.88. The maximum atomic E-state index is 13.9. The van der Waals surface area contributed by atoms with E-state index in [0.717, 1.165) is 33.5 Å². The highest BCUT2D eigenvalue weighted by Crippen LogP contribution is 2.33. The van der Waals surface area contributed by atoms with Gasteiger partial charge < -0.3 is 14.5 Å². The number of aromatic nitrogens is 3. The lowest BCUT2D eigenvalue weighted by Gasteiger charge is -2.30. The second kappa shape index (κ2) is 11.1. The average Bonchev–Trinajstić information content (AvgIpc) is 3.58. The normalized spacial score (nSPS) is 19.5. The Labute approximate surface area is 231 Å². The highest BCUT2D eigenvalue weighted by atomic mass is 16.5. The van der Waals surface area contributed by atoms with Gasteiger partial charge in [-0.05, 0) is 53.4 Å². The predicted molar refractivity (Wildman–Crippen MR) is 150 cm³/mol. The van der Waals surface area contributed by atoms with E-state index in [0.29, 0.717) is 0 Å². The number of hydrogen-bond donors (Lipinski definition) is 1. The summed E-state index contributed by atoms with van der Waals surface area (Å²) in [7, 11) is 0. The number of carbonyl (C=O) groups excluding carboxylic acids is 2. The van der Waals surface area contributed by atoms with Crippen molar-refractivity contribution in [2.75, 3.05) is 6.54 Å². The van der Waals surface area contributed by atoms with E-state index in [2.05, 4.69) is 43.2 Å². The smallest absolute Gasteiger partial charge is 0.248 e. The molecule has 8 heteroatoms. The second-order valence-electron chi connectivity index (χ2n) is 12.5. The van der Waals surface area contributed by atoms with Gasteiger partial charge in [0, 0.05) is 31.1 Å². The minimum atomic E-state index is -0.721. The van der Waals surface area contributed by atoms with Crippen molar-refractivity contribution in [3.8, 4) is 11.1 Å². The molecule has 1 aliphatic heterocycles. The van der Waals surface area contributed by atoms with E-state index in [1.54, 1.807) is 15.8 Å². The van der Waals surface area contributed by atoms with Gasteiger partial charge in [0.15, 0.2) is 5.78 Å². The number of carbonyl (C=O) groups is 2. The molecule has 3 heterocycles. The van der Waals surface area contributed by atoms with Gasteiger partial charge in [-0.25, -0.2) is 0 Å². The fourth-order valence-corrected chi connectivity index (χ4v) is 5.63. The highest BCUT2D eigenvalue weighted by Gasteiger charge is 2.42. The van der Waals surface area contributed by atoms with Gasteiger partial charge in [0.2, 0.25) is 5.91 Å². The first kappa shape index (κ1) is 28.7. The molecule has 39 heavy (non-hydrogen) atoms. The van der Waals surface area contributed by atoms with E-state index in [1.807, 2.05) is 53.1 Å². The Bertz CT molecular complexity index is 1330. The first-order chi connectivity index (χ1) is 18.3. The standard InChI is InChI=1S/C31H42N4O4/c1-18(2)29(35-15-23(14-32-35)31(6,7)8)30(38)34-16-24(36)13-27(34)28(37)12-20(4)25-10-9-22(11-19(25)3)26-17-39-33-21(26)5/h9-11,14-15,17-18,20,24,27,29,36H,12-13,16H2,1-8H3. The van der Waals surface area contributed by atoms with E-state index in [9.17, 15) is 14.7 Å². The van der Waals surface area contributed by atoms with Crippen molar-refractivity contribution in [3.63, 3.8) is 0 Å². The van der Waals surface area contributed by atoms with Crippen molar-refractivity contribution >= 4 is 11.7 Å². The molecule has 1 saturated heterocycles. The number of aliphatic hydroxyl groups is 1. The van der Waals surface area contributed by atoms with Crippen molar-refractivity contribution in [1.29, 1.82) is 0 Å². The van der Waals surface area contributed by atoms with Gasteiger partial charge in [-0.1, -0.05) is 64.9 Å². The summed E-state index contributed by atoms with van der Waals surface area (Å²) in [5, 5.41) is 19.0. The molecule has 1 aliphatic rings. The molecule has 2 aromatic heterocycles. The van der Waals surface area contributed by atoms with Crippen LogP contribution in [0.5, 0.6) is 0 Å². The lowest BCUT2D eigenvalue weighted by Crippen LogP contribution is -2.46. The fourth-order valence-electron chi connectivity index (χ4n) is 5.63. The molecule has 4 unspecified atom stereocenters. The molecule has 1 amide bonds. The second-order valence-corrected chi connectivity index (χ2v) is 12.5. The van der Waals surface area contributed by atoms with Gasteiger partial charge in [0.1, 0.15) is 12.3 Å². The Kier molecular flexibility index (Phi) is 8.17. The van der Waals surface area contributed by atoms with E-state index >= 15 is 0 Å². The summed E-state index contributed by atoms with van der Waals surface area (Å²) < 4.78 is 6.81. The monoisotopic (exact) mass is 534 g/mol. The summed E-state index contributed by atoms with van der Waals surface area (Å²) in [5.74, 6) is -0.260. The van der Waals surface area contributed by atoms with Crippen LogP contribution in [0.25, 0.3) is 11.1 Å². The van der Waals surface area contributed by atoms with Crippen LogP contribution in [0, 0.1) is 19.8 Å². The Morgan fingerprint density at radius 2 is 1.90 bits per heavy atom. The number of likely N-dealkylation sites (tertiary alicyclic amines) is 1. The van der Waals surface area contributed by atoms with Gasteiger partial charge in [-0.3, -0.25) is 14.3 Å². The molecule has 4 atom stereocenters. The van der Waals surface area contributed by atoms with Crippen molar-refractivity contribution in [2.45, 2.75) is 97.8 Å². The maximum Gasteiger partial charge on any atom is 0.248 e. The van der Waals surface area contributed by atoms with Crippen LogP contribution in [-0.4, -0.2) is 55.3 Å². The molecule has 0 bridgehead atoms. The third-order valence-corrected chi connectivity index (χ3v) is 7.94. The van der Waals surface area contributed by atoms with Crippen LogP contribution in [-0.2, 0) is 15.0 Å². The predicted octanol–water partition coefficient (Wildman–Crippen LogP) is 5.37. The van der Waals surface area contributed by atoms with Crippen LogP contribution in [0.1, 0.15) is 88.7 Å². The topological polar surface area (TPSA) is 101 Å². The van der Waals surface area contributed by atoms with E-state index in [1.165, 1.54) is 0 Å². The van der Waals surface area contributed by atoms with Crippen LogP contribution >= 0.6 is 0 Å². The van der Waals surface area contributed by atoms with Gasteiger partial charge in [-0.15, -0.1) is 0 Å². The number of rotatable bonds is 8. The van der Waals surface area contributed by atoms with Gasteiger partial charge in [0.05, 0.1) is 24.0 Å². The molecule has 0 aliphatic carbocycles.